The maximum absolute atomic E-state index is 13.8. The number of anilines is 3. The van der Waals surface area contributed by atoms with Gasteiger partial charge >= 0.3 is 0 Å². The number of benzene rings is 7. The summed E-state index contributed by atoms with van der Waals surface area (Å²) in [6.07, 6.45) is 0. The molecule has 3 nitrogen and oxygen atoms in total. The van der Waals surface area contributed by atoms with E-state index in [2.05, 4.69) is 132 Å². The van der Waals surface area contributed by atoms with Gasteiger partial charge in [-0.25, -0.2) is 0 Å². The Kier molecular flexibility index (Phi) is 4.80. The maximum atomic E-state index is 13.8. The predicted octanol–water partition coefficient (Wildman–Crippen LogP) is 10.2. The average Bonchev–Trinajstić information content (AvgIpc) is 3.38. The third kappa shape index (κ3) is 3.07. The van der Waals surface area contributed by atoms with E-state index in [0.717, 1.165) is 33.8 Å². The highest BCUT2D eigenvalue weighted by atomic mass is 16.3. The summed E-state index contributed by atoms with van der Waals surface area (Å²) in [7, 11) is 0. The molecule has 45 heavy (non-hydrogen) atoms. The molecular weight excluding hydrogens is 550 g/mol. The monoisotopic (exact) mass is 575 g/mol. The van der Waals surface area contributed by atoms with E-state index in [1.165, 1.54) is 27.5 Å². The van der Waals surface area contributed by atoms with Crippen LogP contribution in [0.5, 0.6) is 0 Å². The molecule has 1 aromatic heterocycles. The molecular formula is C42H25NO2. The molecule has 1 spiro atoms. The average molecular weight is 576 g/mol. The van der Waals surface area contributed by atoms with Gasteiger partial charge in [-0.05, 0) is 81.2 Å². The molecule has 2 aliphatic rings. The molecule has 0 amide bonds. The Morgan fingerprint density at radius 1 is 0.444 bits per heavy atom. The molecule has 0 N–H and O–H groups in total. The lowest BCUT2D eigenvalue weighted by Gasteiger charge is -2.45. The van der Waals surface area contributed by atoms with Crippen molar-refractivity contribution in [3.05, 3.63) is 184 Å². The van der Waals surface area contributed by atoms with E-state index in [0.29, 0.717) is 21.9 Å². The first-order valence-electron chi connectivity index (χ1n) is 15.3. The molecule has 1 aliphatic heterocycles. The van der Waals surface area contributed by atoms with E-state index in [1.807, 2.05) is 24.3 Å². The van der Waals surface area contributed by atoms with Crippen LogP contribution in [0.3, 0.4) is 0 Å². The molecule has 0 bridgehead atoms. The number of fused-ring (bicyclic) bond motifs is 12. The van der Waals surface area contributed by atoms with Crippen LogP contribution in [0.4, 0.5) is 17.1 Å². The van der Waals surface area contributed by atoms with Crippen molar-refractivity contribution in [1.29, 1.82) is 0 Å². The number of rotatable bonds is 1. The van der Waals surface area contributed by atoms with Crippen LogP contribution in [0.1, 0.15) is 22.3 Å². The van der Waals surface area contributed by atoms with Gasteiger partial charge in [-0.2, -0.15) is 0 Å². The summed E-state index contributed by atoms with van der Waals surface area (Å²) in [5.41, 5.74) is 11.0. The van der Waals surface area contributed by atoms with E-state index in [1.54, 1.807) is 0 Å². The van der Waals surface area contributed by atoms with Crippen molar-refractivity contribution >= 4 is 49.8 Å². The van der Waals surface area contributed by atoms with Crippen LogP contribution in [0.15, 0.2) is 161 Å². The number of hydrogen-bond acceptors (Lipinski definition) is 3. The fraction of sp³-hybridized carbons (Fsp3) is 0.0238. The van der Waals surface area contributed by atoms with Crippen LogP contribution >= 0.6 is 0 Å². The number of para-hydroxylation sites is 3. The second-order valence-electron chi connectivity index (χ2n) is 12.0. The molecule has 0 atom stereocenters. The zero-order chi connectivity index (χ0) is 29.7. The number of nitrogens with zero attached hydrogens (tertiary/aromatic N) is 1. The Hall–Kier alpha value is -5.93. The van der Waals surface area contributed by atoms with E-state index in [4.69, 9.17) is 4.42 Å². The van der Waals surface area contributed by atoms with Gasteiger partial charge in [0.2, 0.25) is 5.43 Å². The molecule has 7 aromatic carbocycles. The maximum Gasteiger partial charge on any atom is 0.200 e. The normalized spacial score (nSPS) is 14.0. The van der Waals surface area contributed by atoms with Crippen LogP contribution in [-0.2, 0) is 5.41 Å². The molecule has 2 heterocycles. The molecule has 0 fully saturated rings. The van der Waals surface area contributed by atoms with Crippen molar-refractivity contribution < 1.29 is 4.42 Å². The highest BCUT2D eigenvalue weighted by Gasteiger charge is 2.52. The molecule has 10 rings (SSSR count). The highest BCUT2D eigenvalue weighted by molar-refractivity contribution is 6.04. The van der Waals surface area contributed by atoms with E-state index in [9.17, 15) is 4.79 Å². The quantitative estimate of drug-likeness (QED) is 0.183. The molecule has 0 saturated heterocycles. The first-order valence-corrected chi connectivity index (χ1v) is 15.3. The zero-order valence-electron chi connectivity index (χ0n) is 24.2. The van der Waals surface area contributed by atoms with Crippen LogP contribution in [0.25, 0.3) is 43.8 Å². The summed E-state index contributed by atoms with van der Waals surface area (Å²) in [5.74, 6) is 0. The minimum atomic E-state index is -0.613. The van der Waals surface area contributed by atoms with Crippen molar-refractivity contribution in [3.8, 4) is 11.1 Å². The molecule has 0 radical (unpaired) electrons. The van der Waals surface area contributed by atoms with Gasteiger partial charge in [-0.3, -0.25) is 4.79 Å². The topological polar surface area (TPSA) is 33.5 Å². The van der Waals surface area contributed by atoms with E-state index in [-0.39, 0.29) is 5.43 Å². The van der Waals surface area contributed by atoms with Crippen molar-refractivity contribution in [3.63, 3.8) is 0 Å². The summed E-state index contributed by atoms with van der Waals surface area (Å²) in [6.45, 7) is 0. The van der Waals surface area contributed by atoms with Gasteiger partial charge in [-0.1, -0.05) is 109 Å². The van der Waals surface area contributed by atoms with Gasteiger partial charge in [0.1, 0.15) is 11.2 Å². The van der Waals surface area contributed by atoms with Crippen molar-refractivity contribution in [2.24, 2.45) is 0 Å². The first-order chi connectivity index (χ1) is 22.2. The predicted molar refractivity (Wildman–Crippen MR) is 183 cm³/mol. The molecule has 210 valence electrons. The van der Waals surface area contributed by atoms with E-state index < -0.39 is 5.41 Å². The van der Waals surface area contributed by atoms with Crippen LogP contribution < -0.4 is 10.3 Å². The Balaban J connectivity index is 1.36. The van der Waals surface area contributed by atoms with Gasteiger partial charge in [0.15, 0.2) is 0 Å². The first kappa shape index (κ1) is 24.5. The van der Waals surface area contributed by atoms with Crippen LogP contribution in [-0.4, -0.2) is 0 Å². The molecule has 0 unspecified atom stereocenters. The lowest BCUT2D eigenvalue weighted by Crippen LogP contribution is -2.36. The van der Waals surface area contributed by atoms with Crippen molar-refractivity contribution in [2.45, 2.75) is 5.41 Å². The SMILES string of the molecule is O=c1c2ccccc2oc2cc3c(cc12)-c1ccccc1C31c2ccccc2N(c2cccc3ccccc23)c2ccccc21. The standard InChI is InChI=1S/C42H25NO2/c44-41-29-16-4-10-23-39(29)45-40-25-35-30(24-31(40)41)28-15-3-5-17-32(28)42(35)33-18-6-8-20-37(33)43(38-21-9-7-19-34(38)42)36-22-11-13-26-12-1-2-14-27(26)36/h1-25H. The van der Waals surface area contributed by atoms with Gasteiger partial charge in [0, 0.05) is 5.39 Å². The Bertz CT molecular complexity index is 2540. The second-order valence-corrected chi connectivity index (χ2v) is 12.0. The Labute approximate surface area is 259 Å². The molecule has 8 aromatic rings. The Morgan fingerprint density at radius 3 is 1.84 bits per heavy atom. The molecule has 0 saturated carbocycles. The lowest BCUT2D eigenvalue weighted by atomic mass is 9.64. The second kappa shape index (κ2) is 8.81. The summed E-state index contributed by atoms with van der Waals surface area (Å²) in [5, 5.41) is 3.61. The fourth-order valence-corrected chi connectivity index (χ4v) is 8.06. The third-order valence-electron chi connectivity index (χ3n) is 9.85. The smallest absolute Gasteiger partial charge is 0.200 e. The summed E-state index contributed by atoms with van der Waals surface area (Å²) in [6, 6.07) is 53.1. The fourth-order valence-electron chi connectivity index (χ4n) is 8.06. The molecule has 3 heteroatoms. The van der Waals surface area contributed by atoms with E-state index >= 15 is 0 Å². The summed E-state index contributed by atoms with van der Waals surface area (Å²) in [4.78, 5) is 16.2. The third-order valence-corrected chi connectivity index (χ3v) is 9.85. The van der Waals surface area contributed by atoms with Crippen molar-refractivity contribution in [1.82, 2.24) is 0 Å². The van der Waals surface area contributed by atoms with Crippen LogP contribution in [0.2, 0.25) is 0 Å². The summed E-state index contributed by atoms with van der Waals surface area (Å²) >= 11 is 0. The van der Waals surface area contributed by atoms with Gasteiger partial charge < -0.3 is 9.32 Å². The minimum Gasteiger partial charge on any atom is -0.456 e. The van der Waals surface area contributed by atoms with Gasteiger partial charge in [0.25, 0.3) is 0 Å². The Morgan fingerprint density at radius 2 is 1.04 bits per heavy atom. The van der Waals surface area contributed by atoms with Gasteiger partial charge in [0.05, 0.1) is 33.2 Å². The van der Waals surface area contributed by atoms with Gasteiger partial charge in [-0.15, -0.1) is 0 Å². The van der Waals surface area contributed by atoms with Crippen molar-refractivity contribution in [2.75, 3.05) is 4.90 Å². The highest BCUT2D eigenvalue weighted by Crippen LogP contribution is 2.63. The number of hydrogen-bond donors (Lipinski definition) is 0. The minimum absolute atomic E-state index is 0.000318. The molecule has 1 aliphatic carbocycles. The zero-order valence-corrected chi connectivity index (χ0v) is 24.2. The largest absolute Gasteiger partial charge is 0.456 e. The summed E-state index contributed by atoms with van der Waals surface area (Å²) < 4.78 is 6.49. The van der Waals surface area contributed by atoms with Crippen LogP contribution in [0, 0.1) is 0 Å². The lowest BCUT2D eigenvalue weighted by molar-refractivity contribution is 0.657.